The van der Waals surface area contributed by atoms with E-state index in [-0.39, 0.29) is 11.5 Å². The molecule has 0 spiro atoms. The van der Waals surface area contributed by atoms with E-state index in [0.717, 1.165) is 22.8 Å². The van der Waals surface area contributed by atoms with Gasteiger partial charge in [-0.25, -0.2) is 9.78 Å². The first-order valence-corrected chi connectivity index (χ1v) is 6.74. The van der Waals surface area contributed by atoms with Gasteiger partial charge < -0.3 is 14.3 Å². The van der Waals surface area contributed by atoms with Crippen LogP contribution in [-0.4, -0.2) is 16.1 Å². The number of ether oxygens (including phenoxy) is 1. The lowest BCUT2D eigenvalue weighted by atomic mass is 10.3. The molecule has 0 saturated heterocycles. The second-order valence-electron chi connectivity index (χ2n) is 4.10. The summed E-state index contributed by atoms with van der Waals surface area (Å²) < 4.78 is 10.9. The van der Waals surface area contributed by atoms with Gasteiger partial charge in [-0.1, -0.05) is 6.92 Å². The number of hydrogen-bond donors (Lipinski definition) is 1. The molecule has 0 aliphatic carbocycles. The molecule has 0 amide bonds. The van der Waals surface area contributed by atoms with E-state index in [4.69, 9.17) is 14.3 Å². The van der Waals surface area contributed by atoms with E-state index in [1.165, 1.54) is 11.3 Å². The molecule has 0 bridgehead atoms. The Balaban J connectivity index is 2.14. The van der Waals surface area contributed by atoms with Gasteiger partial charge in [0.2, 0.25) is 5.89 Å². The Morgan fingerprint density at radius 3 is 2.79 bits per heavy atom. The van der Waals surface area contributed by atoms with Crippen LogP contribution in [0, 0.1) is 13.8 Å². The van der Waals surface area contributed by atoms with Gasteiger partial charge in [0.1, 0.15) is 11.5 Å². The van der Waals surface area contributed by atoms with Gasteiger partial charge in [0, 0.05) is 4.88 Å². The zero-order chi connectivity index (χ0) is 14.0. The van der Waals surface area contributed by atoms with Crippen molar-refractivity contribution < 1.29 is 19.1 Å². The number of oxazole rings is 1. The van der Waals surface area contributed by atoms with E-state index in [0.29, 0.717) is 11.6 Å². The van der Waals surface area contributed by atoms with E-state index < -0.39 is 5.97 Å². The molecule has 0 atom stereocenters. The minimum atomic E-state index is -0.973. The number of carboxylic acid groups (broad SMARTS) is 1. The van der Waals surface area contributed by atoms with Gasteiger partial charge in [-0.15, -0.1) is 11.3 Å². The molecule has 0 fully saturated rings. The third kappa shape index (κ3) is 2.96. The van der Waals surface area contributed by atoms with E-state index in [9.17, 15) is 4.79 Å². The molecule has 2 rings (SSSR count). The zero-order valence-corrected chi connectivity index (χ0v) is 11.8. The van der Waals surface area contributed by atoms with E-state index in [2.05, 4.69) is 4.98 Å². The van der Waals surface area contributed by atoms with Crippen molar-refractivity contribution in [1.29, 1.82) is 0 Å². The fourth-order valence-corrected chi connectivity index (χ4v) is 2.47. The molecule has 0 radical (unpaired) electrons. The summed E-state index contributed by atoms with van der Waals surface area (Å²) in [5.41, 5.74) is 0.816. The number of aromatic carboxylic acids is 1. The summed E-state index contributed by atoms with van der Waals surface area (Å²) in [5, 5.41) is 9.11. The average Bonchev–Trinajstić information content (AvgIpc) is 2.91. The standard InChI is InChI=1S/C13H15NO4S/c1-4-9-5-10(12(19-9)13(15)16)17-6-11-14-7(2)8(3)18-11/h5H,4,6H2,1-3H3,(H,15,16). The number of aryl methyl sites for hydroxylation is 3. The number of carboxylic acids is 1. The molecule has 1 N–H and O–H groups in total. The van der Waals surface area contributed by atoms with Crippen LogP contribution in [0.5, 0.6) is 5.75 Å². The molecule has 0 aliphatic rings. The van der Waals surface area contributed by atoms with Gasteiger partial charge in [-0.05, 0) is 26.3 Å². The van der Waals surface area contributed by atoms with Crippen LogP contribution in [0.2, 0.25) is 0 Å². The van der Waals surface area contributed by atoms with Gasteiger partial charge in [0.25, 0.3) is 0 Å². The Morgan fingerprint density at radius 2 is 2.26 bits per heavy atom. The van der Waals surface area contributed by atoms with Crippen molar-refractivity contribution in [2.24, 2.45) is 0 Å². The molecule has 5 nitrogen and oxygen atoms in total. The molecule has 102 valence electrons. The second kappa shape index (κ2) is 5.44. The van der Waals surface area contributed by atoms with Gasteiger partial charge in [0.05, 0.1) is 5.69 Å². The van der Waals surface area contributed by atoms with Crippen molar-refractivity contribution in [2.75, 3.05) is 0 Å². The molecule has 2 aromatic heterocycles. The number of aromatic nitrogens is 1. The van der Waals surface area contributed by atoms with Gasteiger partial charge in [-0.2, -0.15) is 0 Å². The molecule has 0 saturated carbocycles. The zero-order valence-electron chi connectivity index (χ0n) is 11.0. The lowest BCUT2D eigenvalue weighted by molar-refractivity contribution is 0.0697. The smallest absolute Gasteiger partial charge is 0.349 e. The highest BCUT2D eigenvalue weighted by Gasteiger charge is 2.17. The summed E-state index contributed by atoms with van der Waals surface area (Å²) in [7, 11) is 0. The number of carbonyl (C=O) groups is 1. The largest absolute Gasteiger partial charge is 0.482 e. The first-order chi connectivity index (χ1) is 9.01. The molecule has 2 heterocycles. The van der Waals surface area contributed by atoms with E-state index in [1.54, 1.807) is 6.07 Å². The maximum atomic E-state index is 11.1. The molecule has 19 heavy (non-hydrogen) atoms. The van der Waals surface area contributed by atoms with Crippen LogP contribution in [0.25, 0.3) is 0 Å². The number of hydrogen-bond acceptors (Lipinski definition) is 5. The minimum absolute atomic E-state index is 0.134. The van der Waals surface area contributed by atoms with Crippen LogP contribution in [0.4, 0.5) is 0 Å². The summed E-state index contributed by atoms with van der Waals surface area (Å²) >= 11 is 1.24. The van der Waals surface area contributed by atoms with Gasteiger partial charge in [-0.3, -0.25) is 0 Å². The van der Waals surface area contributed by atoms with Crippen LogP contribution in [-0.2, 0) is 13.0 Å². The quantitative estimate of drug-likeness (QED) is 0.911. The summed E-state index contributed by atoms with van der Waals surface area (Å²) in [6.45, 7) is 5.79. The average molecular weight is 281 g/mol. The van der Waals surface area contributed by atoms with Crippen molar-refractivity contribution in [2.45, 2.75) is 33.8 Å². The van der Waals surface area contributed by atoms with Crippen molar-refractivity contribution in [1.82, 2.24) is 4.98 Å². The second-order valence-corrected chi connectivity index (χ2v) is 5.24. The maximum Gasteiger partial charge on any atom is 0.349 e. The number of thiophene rings is 1. The summed E-state index contributed by atoms with van der Waals surface area (Å²) in [4.78, 5) is 16.5. The Bertz CT molecular complexity index is 580. The molecule has 2 aromatic rings. The van der Waals surface area contributed by atoms with E-state index >= 15 is 0 Å². The Kier molecular flexibility index (Phi) is 3.90. The van der Waals surface area contributed by atoms with Crippen LogP contribution >= 0.6 is 11.3 Å². The molecule has 0 aliphatic heterocycles. The SMILES string of the molecule is CCc1cc(OCc2nc(C)c(C)o2)c(C(=O)O)s1. The third-order valence-electron chi connectivity index (χ3n) is 2.72. The number of rotatable bonds is 5. The van der Waals surface area contributed by atoms with Crippen molar-refractivity contribution in [3.63, 3.8) is 0 Å². The lowest BCUT2D eigenvalue weighted by Crippen LogP contribution is -2.00. The van der Waals surface area contributed by atoms with Gasteiger partial charge in [0.15, 0.2) is 11.5 Å². The first-order valence-electron chi connectivity index (χ1n) is 5.93. The Labute approximate surface area is 114 Å². The molecule has 0 unspecified atom stereocenters. The minimum Gasteiger partial charge on any atom is -0.482 e. The van der Waals surface area contributed by atoms with Crippen LogP contribution in [0.1, 0.15) is 38.8 Å². The normalized spacial score (nSPS) is 10.7. The highest BCUT2D eigenvalue weighted by Crippen LogP contribution is 2.30. The highest BCUT2D eigenvalue weighted by molar-refractivity contribution is 7.14. The third-order valence-corrected chi connectivity index (χ3v) is 3.96. The monoisotopic (exact) mass is 281 g/mol. The molecular weight excluding hydrogens is 266 g/mol. The van der Waals surface area contributed by atoms with Crippen molar-refractivity contribution in [3.05, 3.63) is 33.2 Å². The Hall–Kier alpha value is -1.82. The lowest BCUT2D eigenvalue weighted by Gasteiger charge is -2.01. The van der Waals surface area contributed by atoms with Crippen molar-refractivity contribution in [3.8, 4) is 5.75 Å². The molecular formula is C13H15NO4S. The first kappa shape index (κ1) is 13.6. The summed E-state index contributed by atoms with van der Waals surface area (Å²) in [6, 6.07) is 1.76. The maximum absolute atomic E-state index is 11.1. The Morgan fingerprint density at radius 1 is 1.53 bits per heavy atom. The number of nitrogens with zero attached hydrogens (tertiary/aromatic N) is 1. The summed E-state index contributed by atoms with van der Waals surface area (Å²) in [5.74, 6) is 0.606. The topological polar surface area (TPSA) is 72.6 Å². The predicted octanol–water partition coefficient (Wildman–Crippen LogP) is 3.19. The van der Waals surface area contributed by atoms with Crippen molar-refractivity contribution >= 4 is 17.3 Å². The van der Waals surface area contributed by atoms with Crippen LogP contribution < -0.4 is 4.74 Å². The predicted molar refractivity (Wildman–Crippen MR) is 71.0 cm³/mol. The fourth-order valence-electron chi connectivity index (χ4n) is 1.59. The fraction of sp³-hybridized carbons (Fsp3) is 0.385. The van der Waals surface area contributed by atoms with E-state index in [1.807, 2.05) is 20.8 Å². The molecule has 6 heteroatoms. The van der Waals surface area contributed by atoms with Crippen LogP contribution in [0.3, 0.4) is 0 Å². The highest BCUT2D eigenvalue weighted by atomic mass is 32.1. The van der Waals surface area contributed by atoms with Crippen LogP contribution in [0.15, 0.2) is 10.5 Å². The molecule has 0 aromatic carbocycles. The van der Waals surface area contributed by atoms with Gasteiger partial charge >= 0.3 is 5.97 Å². The summed E-state index contributed by atoms with van der Waals surface area (Å²) in [6.07, 6.45) is 0.783.